The van der Waals surface area contributed by atoms with E-state index in [1.165, 1.54) is 7.11 Å². The summed E-state index contributed by atoms with van der Waals surface area (Å²) in [4.78, 5) is 0. The second-order valence-corrected chi connectivity index (χ2v) is 2.35. The van der Waals surface area contributed by atoms with E-state index in [4.69, 9.17) is 0 Å². The predicted molar refractivity (Wildman–Crippen MR) is 38.0 cm³/mol. The summed E-state index contributed by atoms with van der Waals surface area (Å²) >= 11 is 0. The molecule has 0 saturated carbocycles. The van der Waals surface area contributed by atoms with Crippen LogP contribution in [0.2, 0.25) is 0 Å². The van der Waals surface area contributed by atoms with Crippen LogP contribution in [-0.4, -0.2) is 7.11 Å². The first-order chi connectivity index (χ1) is 5.95. The molecule has 0 aromatic heterocycles. The van der Waals surface area contributed by atoms with Gasteiger partial charge in [-0.15, -0.1) is 0 Å². The topological polar surface area (TPSA) is 9.23 Å². The van der Waals surface area contributed by atoms with Crippen molar-refractivity contribution < 1.29 is 22.3 Å². The fourth-order valence-corrected chi connectivity index (χ4v) is 0.843. The van der Waals surface area contributed by atoms with Gasteiger partial charge in [-0.1, -0.05) is 0 Å². The molecule has 1 aromatic rings. The van der Waals surface area contributed by atoms with E-state index in [2.05, 4.69) is 4.74 Å². The summed E-state index contributed by atoms with van der Waals surface area (Å²) in [6.07, 6.45) is -4.52. The third-order valence-corrected chi connectivity index (χ3v) is 1.48. The molecule has 5 heteroatoms. The van der Waals surface area contributed by atoms with E-state index in [0.29, 0.717) is 6.07 Å². The van der Waals surface area contributed by atoms with Crippen molar-refractivity contribution in [3.05, 3.63) is 29.6 Å². The summed E-state index contributed by atoms with van der Waals surface area (Å²) in [5.41, 5.74) is -1.02. The van der Waals surface area contributed by atoms with Gasteiger partial charge in [0.15, 0.2) is 11.6 Å². The summed E-state index contributed by atoms with van der Waals surface area (Å²) in [5.74, 6) is -1.22. The van der Waals surface area contributed by atoms with E-state index in [9.17, 15) is 17.6 Å². The minimum atomic E-state index is -4.52. The molecule has 72 valence electrons. The van der Waals surface area contributed by atoms with E-state index in [0.717, 1.165) is 12.1 Å². The molecular formula is C8H6F4O. The molecule has 0 radical (unpaired) electrons. The van der Waals surface area contributed by atoms with E-state index in [-0.39, 0.29) is 5.75 Å². The van der Waals surface area contributed by atoms with E-state index in [1.807, 2.05) is 0 Å². The molecule has 0 amide bonds. The van der Waals surface area contributed by atoms with Crippen LogP contribution in [0.15, 0.2) is 18.2 Å². The molecule has 0 aliphatic carbocycles. The molecule has 0 atom stereocenters. The lowest BCUT2D eigenvalue weighted by Gasteiger charge is -2.07. The van der Waals surface area contributed by atoms with Crippen molar-refractivity contribution in [1.29, 1.82) is 0 Å². The van der Waals surface area contributed by atoms with Gasteiger partial charge in [-0.2, -0.15) is 13.2 Å². The fourth-order valence-electron chi connectivity index (χ4n) is 0.843. The van der Waals surface area contributed by atoms with Crippen LogP contribution in [0.3, 0.4) is 0 Å². The molecular weight excluding hydrogens is 188 g/mol. The van der Waals surface area contributed by atoms with Gasteiger partial charge in [0.1, 0.15) is 0 Å². The Labute approximate surface area is 71.9 Å². The maximum Gasteiger partial charge on any atom is 0.416 e. The van der Waals surface area contributed by atoms with Gasteiger partial charge in [-0.05, 0) is 18.2 Å². The van der Waals surface area contributed by atoms with Gasteiger partial charge < -0.3 is 4.74 Å². The maximum absolute atomic E-state index is 12.8. The number of rotatable bonds is 1. The number of halogens is 4. The Hall–Kier alpha value is -1.26. The summed E-state index contributed by atoms with van der Waals surface area (Å²) in [5, 5.41) is 0. The second kappa shape index (κ2) is 3.24. The van der Waals surface area contributed by atoms with Crippen LogP contribution >= 0.6 is 0 Å². The zero-order valence-corrected chi connectivity index (χ0v) is 6.65. The number of methoxy groups -OCH3 is 1. The number of alkyl halides is 3. The van der Waals surface area contributed by atoms with Gasteiger partial charge in [0.25, 0.3) is 0 Å². The maximum atomic E-state index is 12.8. The summed E-state index contributed by atoms with van der Waals surface area (Å²) in [6, 6.07) is 2.11. The van der Waals surface area contributed by atoms with Gasteiger partial charge in [0.05, 0.1) is 12.7 Å². The third-order valence-electron chi connectivity index (χ3n) is 1.48. The highest BCUT2D eigenvalue weighted by Crippen LogP contribution is 2.31. The van der Waals surface area contributed by atoms with E-state index >= 15 is 0 Å². The molecule has 1 aromatic carbocycles. The van der Waals surface area contributed by atoms with Crippen molar-refractivity contribution in [2.24, 2.45) is 0 Å². The molecule has 0 spiro atoms. The van der Waals surface area contributed by atoms with Crippen LogP contribution in [0, 0.1) is 5.82 Å². The molecule has 13 heavy (non-hydrogen) atoms. The van der Waals surface area contributed by atoms with Gasteiger partial charge >= 0.3 is 6.18 Å². The first-order valence-electron chi connectivity index (χ1n) is 3.36. The van der Waals surface area contributed by atoms with Crippen molar-refractivity contribution in [2.75, 3.05) is 7.11 Å². The van der Waals surface area contributed by atoms with Gasteiger partial charge in [-0.3, -0.25) is 0 Å². The fraction of sp³-hybridized carbons (Fsp3) is 0.250. The number of hydrogen-bond donors (Lipinski definition) is 0. The zero-order chi connectivity index (χ0) is 10.1. The van der Waals surface area contributed by atoms with Crippen LogP contribution in [0.4, 0.5) is 17.6 Å². The molecule has 1 nitrogen and oxygen atoms in total. The molecule has 0 bridgehead atoms. The standard InChI is InChI=1S/C8H6F4O/c1-13-7-3-2-5(4-6(7)9)8(10,11)12/h2-4H,1H3. The lowest BCUT2D eigenvalue weighted by atomic mass is 10.2. The Kier molecular flexibility index (Phi) is 2.45. The lowest BCUT2D eigenvalue weighted by Crippen LogP contribution is -2.05. The Balaban J connectivity index is 3.10. The zero-order valence-electron chi connectivity index (χ0n) is 6.65. The van der Waals surface area contributed by atoms with Crippen LogP contribution in [0.25, 0.3) is 0 Å². The molecule has 0 saturated heterocycles. The molecule has 0 heterocycles. The monoisotopic (exact) mass is 194 g/mol. The SMILES string of the molecule is COc1ccc(C(F)(F)F)cc1F. The number of hydrogen-bond acceptors (Lipinski definition) is 1. The van der Waals surface area contributed by atoms with E-state index < -0.39 is 17.6 Å². The Morgan fingerprint density at radius 1 is 1.23 bits per heavy atom. The highest BCUT2D eigenvalue weighted by molar-refractivity contribution is 5.30. The third kappa shape index (κ3) is 2.11. The smallest absolute Gasteiger partial charge is 0.416 e. The second-order valence-electron chi connectivity index (χ2n) is 2.35. The summed E-state index contributed by atoms with van der Waals surface area (Å²) in [6.45, 7) is 0. The van der Waals surface area contributed by atoms with Crippen LogP contribution in [0.5, 0.6) is 5.75 Å². The Bertz CT molecular complexity index is 306. The van der Waals surface area contributed by atoms with Crippen LogP contribution in [-0.2, 0) is 6.18 Å². The molecule has 0 aliphatic rings. The largest absolute Gasteiger partial charge is 0.494 e. The highest BCUT2D eigenvalue weighted by atomic mass is 19.4. The lowest BCUT2D eigenvalue weighted by molar-refractivity contribution is -0.137. The molecule has 0 N–H and O–H groups in total. The Morgan fingerprint density at radius 2 is 1.85 bits per heavy atom. The van der Waals surface area contributed by atoms with Crippen molar-refractivity contribution in [3.63, 3.8) is 0 Å². The van der Waals surface area contributed by atoms with Crippen LogP contribution in [0.1, 0.15) is 5.56 Å². The number of benzene rings is 1. The first kappa shape index (κ1) is 9.83. The average Bonchev–Trinajstić information content (AvgIpc) is 2.02. The molecule has 1 rings (SSSR count). The molecule has 0 aliphatic heterocycles. The van der Waals surface area contributed by atoms with Gasteiger partial charge in [0.2, 0.25) is 0 Å². The number of ether oxygens (including phenoxy) is 1. The molecule has 0 fully saturated rings. The summed E-state index contributed by atoms with van der Waals surface area (Å²) in [7, 11) is 1.19. The van der Waals surface area contributed by atoms with Crippen molar-refractivity contribution >= 4 is 0 Å². The van der Waals surface area contributed by atoms with Crippen molar-refractivity contribution in [1.82, 2.24) is 0 Å². The summed E-state index contributed by atoms with van der Waals surface area (Å²) < 4.78 is 53.2. The van der Waals surface area contributed by atoms with Crippen molar-refractivity contribution in [3.8, 4) is 5.75 Å². The minimum Gasteiger partial charge on any atom is -0.494 e. The highest BCUT2D eigenvalue weighted by Gasteiger charge is 2.31. The van der Waals surface area contributed by atoms with Gasteiger partial charge in [-0.25, -0.2) is 4.39 Å². The van der Waals surface area contributed by atoms with Crippen molar-refractivity contribution in [2.45, 2.75) is 6.18 Å². The quantitative estimate of drug-likeness (QED) is 0.624. The average molecular weight is 194 g/mol. The van der Waals surface area contributed by atoms with E-state index in [1.54, 1.807) is 0 Å². The van der Waals surface area contributed by atoms with Crippen LogP contribution < -0.4 is 4.74 Å². The van der Waals surface area contributed by atoms with Gasteiger partial charge in [0, 0.05) is 0 Å². The first-order valence-corrected chi connectivity index (χ1v) is 3.36. The minimum absolute atomic E-state index is 0.201. The molecule has 0 unspecified atom stereocenters. The predicted octanol–water partition coefficient (Wildman–Crippen LogP) is 2.85. The Morgan fingerprint density at radius 3 is 2.23 bits per heavy atom. The normalized spacial score (nSPS) is 11.5.